The van der Waals surface area contributed by atoms with Gasteiger partial charge in [0.15, 0.2) is 0 Å². The Morgan fingerprint density at radius 3 is 2.48 bits per heavy atom. The molecule has 1 rings (SSSR count). The highest BCUT2D eigenvalue weighted by molar-refractivity contribution is 5.41. The normalized spacial score (nSPS) is 10.9. The smallest absolute Gasteiger partial charge is 0.231 e. The second-order valence-electron chi connectivity index (χ2n) is 5.21. The fourth-order valence-electron chi connectivity index (χ4n) is 1.76. The predicted octanol–water partition coefficient (Wildman–Crippen LogP) is 1.77. The van der Waals surface area contributed by atoms with Crippen molar-refractivity contribution in [1.29, 1.82) is 0 Å². The third-order valence-corrected chi connectivity index (χ3v) is 3.06. The minimum absolute atomic E-state index is 0.232. The van der Waals surface area contributed by atoms with Crippen LogP contribution in [0.5, 0.6) is 0 Å². The third-order valence-electron chi connectivity index (χ3n) is 3.06. The van der Waals surface area contributed by atoms with Crippen molar-refractivity contribution in [3.63, 3.8) is 0 Å². The summed E-state index contributed by atoms with van der Waals surface area (Å²) in [7, 11) is 0. The lowest BCUT2D eigenvalue weighted by atomic mass is 10.1. The van der Waals surface area contributed by atoms with Gasteiger partial charge in [0.1, 0.15) is 0 Å². The van der Waals surface area contributed by atoms with E-state index < -0.39 is 0 Å². The van der Waals surface area contributed by atoms with Crippen molar-refractivity contribution in [2.45, 2.75) is 34.1 Å². The molecule has 7 heteroatoms. The van der Waals surface area contributed by atoms with E-state index in [4.69, 9.17) is 10.5 Å². The average Bonchev–Trinajstić information content (AvgIpc) is 2.43. The van der Waals surface area contributed by atoms with Crippen LogP contribution in [0.25, 0.3) is 0 Å². The summed E-state index contributed by atoms with van der Waals surface area (Å²) >= 11 is 0. The number of rotatable bonds is 10. The van der Waals surface area contributed by atoms with Crippen LogP contribution in [0.2, 0.25) is 0 Å². The number of anilines is 3. The second kappa shape index (κ2) is 9.33. The third kappa shape index (κ3) is 6.57. The van der Waals surface area contributed by atoms with Crippen molar-refractivity contribution in [3.05, 3.63) is 0 Å². The standard InChI is InChI=1S/C14H28N6O/c1-5-20(6-2)14-18-12(15)17-13(19-14)16-8-10-21-9-7-11(3)4/h11H,5-10H2,1-4H3,(H3,15,16,17,18,19). The van der Waals surface area contributed by atoms with Crippen LogP contribution in [0.15, 0.2) is 0 Å². The van der Waals surface area contributed by atoms with E-state index in [1.165, 1.54) is 0 Å². The molecule has 0 saturated heterocycles. The molecule has 0 spiro atoms. The topological polar surface area (TPSA) is 89.2 Å². The van der Waals surface area contributed by atoms with E-state index in [1.807, 2.05) is 4.90 Å². The lowest BCUT2D eigenvalue weighted by Gasteiger charge is -2.19. The average molecular weight is 296 g/mol. The van der Waals surface area contributed by atoms with Crippen molar-refractivity contribution in [1.82, 2.24) is 15.0 Å². The summed E-state index contributed by atoms with van der Waals surface area (Å²) in [5.41, 5.74) is 5.73. The Bertz CT molecular complexity index is 408. The van der Waals surface area contributed by atoms with Gasteiger partial charge in [-0.05, 0) is 26.2 Å². The van der Waals surface area contributed by atoms with Crippen LogP contribution < -0.4 is 16.0 Å². The summed E-state index contributed by atoms with van der Waals surface area (Å²) in [5.74, 6) is 2.00. The van der Waals surface area contributed by atoms with Crippen LogP contribution in [0.3, 0.4) is 0 Å². The summed E-state index contributed by atoms with van der Waals surface area (Å²) in [5, 5.41) is 3.12. The summed E-state index contributed by atoms with van der Waals surface area (Å²) in [6, 6.07) is 0. The maximum absolute atomic E-state index is 5.73. The second-order valence-corrected chi connectivity index (χ2v) is 5.21. The Morgan fingerprint density at radius 2 is 1.86 bits per heavy atom. The predicted molar refractivity (Wildman–Crippen MR) is 86.6 cm³/mol. The van der Waals surface area contributed by atoms with Gasteiger partial charge in [0.25, 0.3) is 0 Å². The van der Waals surface area contributed by atoms with E-state index in [9.17, 15) is 0 Å². The van der Waals surface area contributed by atoms with Gasteiger partial charge in [-0.25, -0.2) is 0 Å². The van der Waals surface area contributed by atoms with E-state index in [0.29, 0.717) is 31.0 Å². The molecule has 1 aromatic rings. The lowest BCUT2D eigenvalue weighted by molar-refractivity contribution is 0.132. The van der Waals surface area contributed by atoms with Crippen LogP contribution in [0.4, 0.5) is 17.8 Å². The minimum Gasteiger partial charge on any atom is -0.380 e. The number of ether oxygens (including phenoxy) is 1. The summed E-state index contributed by atoms with van der Waals surface area (Å²) < 4.78 is 5.54. The van der Waals surface area contributed by atoms with Crippen molar-refractivity contribution >= 4 is 17.8 Å². The number of aromatic nitrogens is 3. The Hall–Kier alpha value is -1.63. The minimum atomic E-state index is 0.232. The molecule has 0 aliphatic rings. The van der Waals surface area contributed by atoms with Gasteiger partial charge in [-0.15, -0.1) is 0 Å². The molecule has 120 valence electrons. The molecular formula is C14H28N6O. The van der Waals surface area contributed by atoms with Crippen LogP contribution in [-0.2, 0) is 4.74 Å². The van der Waals surface area contributed by atoms with Crippen molar-refractivity contribution < 1.29 is 4.74 Å². The molecule has 0 radical (unpaired) electrons. The van der Waals surface area contributed by atoms with E-state index in [1.54, 1.807) is 0 Å². The summed E-state index contributed by atoms with van der Waals surface area (Å²) in [6.45, 7) is 12.2. The Kier molecular flexibility index (Phi) is 7.74. The van der Waals surface area contributed by atoms with Crippen molar-refractivity contribution in [3.8, 4) is 0 Å². The Balaban J connectivity index is 2.44. The molecule has 0 unspecified atom stereocenters. The molecule has 1 heterocycles. The Labute approximate surface area is 127 Å². The molecule has 3 N–H and O–H groups in total. The summed E-state index contributed by atoms with van der Waals surface area (Å²) in [6.07, 6.45) is 1.07. The molecule has 0 aromatic carbocycles. The monoisotopic (exact) mass is 296 g/mol. The van der Waals surface area contributed by atoms with E-state index in [2.05, 4.69) is 48.0 Å². The number of nitrogens with zero attached hydrogens (tertiary/aromatic N) is 4. The molecular weight excluding hydrogens is 268 g/mol. The zero-order valence-corrected chi connectivity index (χ0v) is 13.6. The fraction of sp³-hybridized carbons (Fsp3) is 0.786. The molecule has 0 saturated carbocycles. The first-order chi connectivity index (χ1) is 10.1. The quantitative estimate of drug-likeness (QED) is 0.636. The van der Waals surface area contributed by atoms with Crippen molar-refractivity contribution in [2.24, 2.45) is 5.92 Å². The molecule has 7 nitrogen and oxygen atoms in total. The van der Waals surface area contributed by atoms with E-state index in [-0.39, 0.29) is 5.95 Å². The van der Waals surface area contributed by atoms with Crippen LogP contribution in [-0.4, -0.2) is 47.8 Å². The SMILES string of the molecule is CCN(CC)c1nc(N)nc(NCCOCCC(C)C)n1. The van der Waals surface area contributed by atoms with Crippen LogP contribution in [0.1, 0.15) is 34.1 Å². The van der Waals surface area contributed by atoms with E-state index >= 15 is 0 Å². The van der Waals surface area contributed by atoms with Crippen LogP contribution >= 0.6 is 0 Å². The molecule has 21 heavy (non-hydrogen) atoms. The molecule has 0 bridgehead atoms. The first-order valence-electron chi connectivity index (χ1n) is 7.64. The van der Waals surface area contributed by atoms with Gasteiger partial charge >= 0.3 is 0 Å². The maximum atomic E-state index is 5.73. The zero-order chi connectivity index (χ0) is 15.7. The van der Waals surface area contributed by atoms with Gasteiger partial charge < -0.3 is 20.7 Å². The molecule has 0 atom stereocenters. The maximum Gasteiger partial charge on any atom is 0.231 e. The number of nitrogen functional groups attached to an aromatic ring is 1. The highest BCUT2D eigenvalue weighted by Crippen LogP contribution is 2.11. The largest absolute Gasteiger partial charge is 0.380 e. The lowest BCUT2D eigenvalue weighted by Crippen LogP contribution is -2.25. The number of nitrogens with one attached hydrogen (secondary N) is 1. The number of hydrogen-bond donors (Lipinski definition) is 2. The van der Waals surface area contributed by atoms with Gasteiger partial charge in [-0.1, -0.05) is 13.8 Å². The molecule has 1 aromatic heterocycles. The highest BCUT2D eigenvalue weighted by Gasteiger charge is 2.09. The first-order valence-corrected chi connectivity index (χ1v) is 7.64. The molecule has 0 fully saturated rings. The summed E-state index contributed by atoms with van der Waals surface area (Å²) in [4.78, 5) is 14.7. The van der Waals surface area contributed by atoms with Gasteiger partial charge in [-0.3, -0.25) is 0 Å². The van der Waals surface area contributed by atoms with Crippen LogP contribution in [0, 0.1) is 5.92 Å². The zero-order valence-electron chi connectivity index (χ0n) is 13.6. The molecule has 0 amide bonds. The molecule has 0 aliphatic carbocycles. The number of hydrogen-bond acceptors (Lipinski definition) is 7. The first kappa shape index (κ1) is 17.4. The number of nitrogens with two attached hydrogens (primary N) is 1. The highest BCUT2D eigenvalue weighted by atomic mass is 16.5. The Morgan fingerprint density at radius 1 is 1.14 bits per heavy atom. The van der Waals surface area contributed by atoms with Gasteiger partial charge in [0.2, 0.25) is 17.8 Å². The van der Waals surface area contributed by atoms with Gasteiger partial charge in [0.05, 0.1) is 6.61 Å². The van der Waals surface area contributed by atoms with E-state index in [0.717, 1.165) is 26.1 Å². The van der Waals surface area contributed by atoms with Gasteiger partial charge in [-0.2, -0.15) is 15.0 Å². The molecule has 0 aliphatic heterocycles. The van der Waals surface area contributed by atoms with Crippen molar-refractivity contribution in [2.75, 3.05) is 48.8 Å². The fourth-order valence-corrected chi connectivity index (χ4v) is 1.76. The van der Waals surface area contributed by atoms with Gasteiger partial charge in [0, 0.05) is 26.2 Å².